The molecule has 2 rings (SSSR count). The van der Waals surface area contributed by atoms with Gasteiger partial charge in [-0.1, -0.05) is 11.6 Å². The summed E-state index contributed by atoms with van der Waals surface area (Å²) < 4.78 is 13.7. The first-order chi connectivity index (χ1) is 8.97. The fourth-order valence-electron chi connectivity index (χ4n) is 1.51. The number of hydrogen-bond acceptors (Lipinski definition) is 5. The molecular formula is C11H9ClFN3O2S. The minimum Gasteiger partial charge on any atom is -0.375 e. The maximum absolute atomic E-state index is 13.3. The minimum atomic E-state index is -0.621. The monoisotopic (exact) mass is 301 g/mol. The van der Waals surface area contributed by atoms with E-state index < -0.39 is 10.7 Å². The van der Waals surface area contributed by atoms with Crippen LogP contribution in [-0.4, -0.2) is 9.91 Å². The standard InChI is InChI=1S/C11H9ClFN3O2S/c1-6-2-9(10(16(17)18)3-8(6)13)14-4-7-5-15-11(12)19-7/h2-3,5,14H,4H2,1H3. The lowest BCUT2D eigenvalue weighted by Crippen LogP contribution is -2.03. The van der Waals surface area contributed by atoms with Crippen molar-refractivity contribution in [3.05, 3.63) is 49.2 Å². The quantitative estimate of drug-likeness (QED) is 0.689. The van der Waals surface area contributed by atoms with E-state index in [0.717, 1.165) is 10.9 Å². The third-order valence-corrected chi connectivity index (χ3v) is 3.57. The van der Waals surface area contributed by atoms with Crippen LogP contribution >= 0.6 is 22.9 Å². The number of halogens is 2. The van der Waals surface area contributed by atoms with Gasteiger partial charge >= 0.3 is 0 Å². The molecule has 0 aliphatic rings. The second kappa shape index (κ2) is 5.50. The maximum atomic E-state index is 13.3. The molecule has 0 radical (unpaired) electrons. The molecule has 0 bridgehead atoms. The van der Waals surface area contributed by atoms with Gasteiger partial charge in [-0.2, -0.15) is 0 Å². The summed E-state index contributed by atoms with van der Waals surface area (Å²) in [6, 6.07) is 2.33. The van der Waals surface area contributed by atoms with Crippen molar-refractivity contribution in [2.24, 2.45) is 0 Å². The van der Waals surface area contributed by atoms with Crippen molar-refractivity contribution < 1.29 is 9.31 Å². The number of hydrogen-bond donors (Lipinski definition) is 1. The van der Waals surface area contributed by atoms with Crippen molar-refractivity contribution >= 4 is 34.3 Å². The van der Waals surface area contributed by atoms with Gasteiger partial charge in [-0.3, -0.25) is 10.1 Å². The Morgan fingerprint density at radius 1 is 1.58 bits per heavy atom. The number of aryl methyl sites for hydroxylation is 1. The van der Waals surface area contributed by atoms with E-state index >= 15 is 0 Å². The number of anilines is 1. The molecule has 0 aliphatic carbocycles. The molecule has 1 aromatic heterocycles. The van der Waals surface area contributed by atoms with Crippen molar-refractivity contribution in [2.45, 2.75) is 13.5 Å². The van der Waals surface area contributed by atoms with E-state index in [4.69, 9.17) is 11.6 Å². The van der Waals surface area contributed by atoms with E-state index in [2.05, 4.69) is 10.3 Å². The molecule has 5 nitrogen and oxygen atoms in total. The summed E-state index contributed by atoms with van der Waals surface area (Å²) in [5.41, 5.74) is 0.322. The summed E-state index contributed by atoms with van der Waals surface area (Å²) in [7, 11) is 0. The van der Waals surface area contributed by atoms with Crippen molar-refractivity contribution in [1.82, 2.24) is 4.98 Å². The van der Waals surface area contributed by atoms with Gasteiger partial charge in [-0.25, -0.2) is 9.37 Å². The number of nitro benzene ring substituents is 1. The topological polar surface area (TPSA) is 68.1 Å². The number of nitrogens with zero attached hydrogens (tertiary/aromatic N) is 2. The Balaban J connectivity index is 2.23. The van der Waals surface area contributed by atoms with E-state index in [1.165, 1.54) is 17.4 Å². The number of thiazole rings is 1. The van der Waals surface area contributed by atoms with Gasteiger partial charge in [0.05, 0.1) is 17.5 Å². The molecule has 0 amide bonds. The van der Waals surface area contributed by atoms with Crippen LogP contribution in [0.15, 0.2) is 18.3 Å². The Morgan fingerprint density at radius 2 is 2.32 bits per heavy atom. The van der Waals surface area contributed by atoms with Gasteiger partial charge in [0.2, 0.25) is 0 Å². The van der Waals surface area contributed by atoms with Crippen molar-refractivity contribution in [3.8, 4) is 0 Å². The van der Waals surface area contributed by atoms with Gasteiger partial charge in [0.15, 0.2) is 4.47 Å². The number of nitro groups is 1. The molecule has 0 unspecified atom stereocenters. The van der Waals surface area contributed by atoms with Gasteiger partial charge in [-0.05, 0) is 18.6 Å². The zero-order valence-corrected chi connectivity index (χ0v) is 11.4. The number of benzene rings is 1. The van der Waals surface area contributed by atoms with Gasteiger partial charge in [0.1, 0.15) is 11.5 Å². The third kappa shape index (κ3) is 3.18. The van der Waals surface area contributed by atoms with Gasteiger partial charge in [0.25, 0.3) is 5.69 Å². The van der Waals surface area contributed by atoms with E-state index in [-0.39, 0.29) is 11.4 Å². The summed E-state index contributed by atoms with van der Waals surface area (Å²) >= 11 is 6.97. The van der Waals surface area contributed by atoms with E-state index in [1.54, 1.807) is 13.1 Å². The van der Waals surface area contributed by atoms with E-state index in [1.807, 2.05) is 0 Å². The van der Waals surface area contributed by atoms with Crippen LogP contribution in [-0.2, 0) is 6.54 Å². The summed E-state index contributed by atoms with van der Waals surface area (Å²) in [4.78, 5) is 15.0. The summed E-state index contributed by atoms with van der Waals surface area (Å²) in [6.07, 6.45) is 1.59. The molecule has 0 saturated heterocycles. The van der Waals surface area contributed by atoms with E-state index in [0.29, 0.717) is 16.6 Å². The summed E-state index contributed by atoms with van der Waals surface area (Å²) in [5, 5.41) is 13.8. The smallest absolute Gasteiger partial charge is 0.295 e. The van der Waals surface area contributed by atoms with Crippen LogP contribution in [0.2, 0.25) is 4.47 Å². The second-order valence-electron chi connectivity index (χ2n) is 3.81. The van der Waals surface area contributed by atoms with Crippen molar-refractivity contribution in [3.63, 3.8) is 0 Å². The molecule has 1 heterocycles. The Bertz CT molecular complexity index is 632. The summed E-state index contributed by atoms with van der Waals surface area (Å²) in [6.45, 7) is 1.89. The lowest BCUT2D eigenvalue weighted by atomic mass is 10.2. The predicted molar refractivity (Wildman–Crippen MR) is 72.2 cm³/mol. The fraction of sp³-hybridized carbons (Fsp3) is 0.182. The second-order valence-corrected chi connectivity index (χ2v) is 5.51. The van der Waals surface area contributed by atoms with Crippen LogP contribution in [0.4, 0.5) is 15.8 Å². The first-order valence-electron chi connectivity index (χ1n) is 5.26. The Morgan fingerprint density at radius 3 is 2.89 bits per heavy atom. The highest BCUT2D eigenvalue weighted by Gasteiger charge is 2.17. The third-order valence-electron chi connectivity index (χ3n) is 2.45. The van der Waals surface area contributed by atoms with Crippen LogP contribution in [0.1, 0.15) is 10.4 Å². The zero-order chi connectivity index (χ0) is 14.0. The molecule has 0 spiro atoms. The number of nitrogens with one attached hydrogen (secondary N) is 1. The molecule has 1 aromatic carbocycles. The van der Waals surface area contributed by atoms with Crippen LogP contribution in [0.3, 0.4) is 0 Å². The van der Waals surface area contributed by atoms with Crippen LogP contribution in [0.5, 0.6) is 0 Å². The van der Waals surface area contributed by atoms with Crippen LogP contribution in [0.25, 0.3) is 0 Å². The zero-order valence-electron chi connectivity index (χ0n) is 9.81. The molecule has 19 heavy (non-hydrogen) atoms. The Labute approximate surface area is 117 Å². The highest BCUT2D eigenvalue weighted by Crippen LogP contribution is 2.28. The molecule has 1 N–H and O–H groups in total. The van der Waals surface area contributed by atoms with Gasteiger partial charge < -0.3 is 5.32 Å². The molecule has 2 aromatic rings. The molecule has 8 heteroatoms. The highest BCUT2D eigenvalue weighted by molar-refractivity contribution is 7.15. The first kappa shape index (κ1) is 13.7. The normalized spacial score (nSPS) is 10.5. The SMILES string of the molecule is Cc1cc(NCc2cnc(Cl)s2)c([N+](=O)[O-])cc1F. The molecule has 0 atom stereocenters. The molecule has 0 aliphatic heterocycles. The van der Waals surface area contributed by atoms with Gasteiger partial charge in [0, 0.05) is 11.1 Å². The fourth-order valence-corrected chi connectivity index (χ4v) is 2.43. The lowest BCUT2D eigenvalue weighted by molar-refractivity contribution is -0.384. The average Bonchev–Trinajstić information content (AvgIpc) is 2.76. The maximum Gasteiger partial charge on any atom is 0.295 e. The minimum absolute atomic E-state index is 0.272. The lowest BCUT2D eigenvalue weighted by Gasteiger charge is -2.07. The summed E-state index contributed by atoms with van der Waals surface area (Å²) in [5.74, 6) is -0.599. The number of rotatable bonds is 4. The highest BCUT2D eigenvalue weighted by atomic mass is 35.5. The number of aromatic nitrogens is 1. The Kier molecular flexibility index (Phi) is 3.96. The van der Waals surface area contributed by atoms with Crippen LogP contribution in [0, 0.1) is 22.9 Å². The Hall–Kier alpha value is -1.73. The molecule has 0 saturated carbocycles. The van der Waals surface area contributed by atoms with Gasteiger partial charge in [-0.15, -0.1) is 11.3 Å². The molecular weight excluding hydrogens is 293 g/mol. The van der Waals surface area contributed by atoms with Crippen LogP contribution < -0.4 is 5.32 Å². The first-order valence-corrected chi connectivity index (χ1v) is 6.45. The largest absolute Gasteiger partial charge is 0.375 e. The predicted octanol–water partition coefficient (Wildman–Crippen LogP) is 3.76. The average molecular weight is 302 g/mol. The molecule has 100 valence electrons. The van der Waals surface area contributed by atoms with Crippen molar-refractivity contribution in [2.75, 3.05) is 5.32 Å². The van der Waals surface area contributed by atoms with E-state index in [9.17, 15) is 14.5 Å². The van der Waals surface area contributed by atoms with Crippen molar-refractivity contribution in [1.29, 1.82) is 0 Å². The molecule has 0 fully saturated rings.